The zero-order valence-corrected chi connectivity index (χ0v) is 10.6. The maximum atomic E-state index is 11.9. The van der Waals surface area contributed by atoms with Crippen molar-refractivity contribution in [3.8, 4) is 0 Å². The summed E-state index contributed by atoms with van der Waals surface area (Å²) >= 11 is 0. The Kier molecular flexibility index (Phi) is 3.22. The van der Waals surface area contributed by atoms with Gasteiger partial charge in [-0.3, -0.25) is 9.59 Å². The van der Waals surface area contributed by atoms with E-state index in [0.717, 1.165) is 0 Å². The lowest BCUT2D eigenvalue weighted by atomic mass is 9.88. The molecule has 96 valence electrons. The Labute approximate surface area is 106 Å². The van der Waals surface area contributed by atoms with E-state index < -0.39 is 11.5 Å². The van der Waals surface area contributed by atoms with Crippen LogP contribution in [0.25, 0.3) is 0 Å². The zero-order valence-electron chi connectivity index (χ0n) is 10.6. The van der Waals surface area contributed by atoms with Crippen molar-refractivity contribution in [2.24, 2.45) is 5.92 Å². The molecule has 0 spiro atoms. The lowest BCUT2D eigenvalue weighted by molar-refractivity contribution is -0.140. The predicted octanol–water partition coefficient (Wildman–Crippen LogP) is 1.83. The number of carbonyl (C=O) groups is 2. The highest BCUT2D eigenvalue weighted by molar-refractivity contribution is 6.07. The van der Waals surface area contributed by atoms with Crippen LogP contribution in [0.1, 0.15) is 32.3 Å². The fraction of sp³-hybridized carbons (Fsp3) is 0.429. The number of amides is 1. The minimum absolute atomic E-state index is 0.0978. The van der Waals surface area contributed by atoms with Crippen molar-refractivity contribution in [1.82, 2.24) is 0 Å². The highest BCUT2D eigenvalue weighted by Gasteiger charge is 2.46. The Morgan fingerprint density at radius 2 is 2.06 bits per heavy atom. The van der Waals surface area contributed by atoms with Crippen LogP contribution in [0.2, 0.25) is 0 Å². The van der Waals surface area contributed by atoms with Crippen LogP contribution in [0.4, 0.5) is 5.69 Å². The van der Waals surface area contributed by atoms with Crippen molar-refractivity contribution in [2.75, 3.05) is 5.32 Å². The molecule has 1 aliphatic heterocycles. The fourth-order valence-electron chi connectivity index (χ4n) is 2.29. The van der Waals surface area contributed by atoms with Crippen LogP contribution >= 0.6 is 0 Å². The van der Waals surface area contributed by atoms with Gasteiger partial charge in [-0.2, -0.15) is 0 Å². The van der Waals surface area contributed by atoms with Gasteiger partial charge in [0, 0.05) is 24.1 Å². The van der Waals surface area contributed by atoms with Crippen LogP contribution in [-0.2, 0) is 15.2 Å². The minimum atomic E-state index is -1.71. The molecule has 0 saturated carbocycles. The summed E-state index contributed by atoms with van der Waals surface area (Å²) in [5.41, 5.74) is -0.628. The van der Waals surface area contributed by atoms with Gasteiger partial charge in [-0.15, -0.1) is 0 Å². The van der Waals surface area contributed by atoms with Crippen molar-refractivity contribution in [2.45, 2.75) is 32.3 Å². The largest absolute Gasteiger partial charge is 0.375 e. The van der Waals surface area contributed by atoms with E-state index in [1.165, 1.54) is 0 Å². The topological polar surface area (TPSA) is 66.4 Å². The first kappa shape index (κ1) is 12.8. The van der Waals surface area contributed by atoms with Gasteiger partial charge < -0.3 is 10.4 Å². The quantitative estimate of drug-likeness (QED) is 0.853. The number of Topliss-reactive ketones (excluding diaryl/α,β-unsaturated/α-hetero) is 1. The van der Waals surface area contributed by atoms with Crippen molar-refractivity contribution in [1.29, 1.82) is 0 Å². The van der Waals surface area contributed by atoms with Crippen LogP contribution in [0.15, 0.2) is 24.3 Å². The van der Waals surface area contributed by atoms with Gasteiger partial charge in [-0.25, -0.2) is 0 Å². The summed E-state index contributed by atoms with van der Waals surface area (Å²) in [7, 11) is 0. The molecule has 0 unspecified atom stereocenters. The summed E-state index contributed by atoms with van der Waals surface area (Å²) in [6.07, 6.45) is 0.214. The Morgan fingerprint density at radius 3 is 2.72 bits per heavy atom. The van der Waals surface area contributed by atoms with Gasteiger partial charge in [0.15, 0.2) is 5.60 Å². The van der Waals surface area contributed by atoms with Crippen molar-refractivity contribution >= 4 is 17.4 Å². The van der Waals surface area contributed by atoms with Crippen LogP contribution in [-0.4, -0.2) is 16.8 Å². The Bertz CT molecular complexity index is 496. The van der Waals surface area contributed by atoms with Gasteiger partial charge in [0.2, 0.25) is 0 Å². The third kappa shape index (κ3) is 2.16. The molecule has 4 heteroatoms. The third-order valence-electron chi connectivity index (χ3n) is 3.09. The maximum absolute atomic E-state index is 11.9. The number of hydrogen-bond acceptors (Lipinski definition) is 3. The summed E-state index contributed by atoms with van der Waals surface area (Å²) in [4.78, 5) is 23.7. The Morgan fingerprint density at radius 1 is 1.39 bits per heavy atom. The molecular formula is C14H17NO3. The highest BCUT2D eigenvalue weighted by atomic mass is 16.3. The molecular weight excluding hydrogens is 230 g/mol. The number of carbonyl (C=O) groups excluding carboxylic acids is 2. The molecule has 2 N–H and O–H groups in total. The minimum Gasteiger partial charge on any atom is -0.375 e. The molecule has 0 aliphatic carbocycles. The second-order valence-electron chi connectivity index (χ2n) is 5.17. The SMILES string of the molecule is CC(C)CC(=O)C[C@]1(O)C(=O)Nc2ccccc21. The van der Waals surface area contributed by atoms with E-state index in [-0.39, 0.29) is 18.1 Å². The normalized spacial score (nSPS) is 21.9. The van der Waals surface area contributed by atoms with Crippen LogP contribution in [0.5, 0.6) is 0 Å². The molecule has 0 aromatic heterocycles. The van der Waals surface area contributed by atoms with E-state index in [1.54, 1.807) is 24.3 Å². The molecule has 2 rings (SSSR count). The van der Waals surface area contributed by atoms with Gasteiger partial charge in [0.1, 0.15) is 5.78 Å². The molecule has 1 amide bonds. The number of ketones is 1. The predicted molar refractivity (Wildman–Crippen MR) is 68.0 cm³/mol. The number of hydrogen-bond donors (Lipinski definition) is 2. The molecule has 1 aromatic carbocycles. The number of nitrogens with one attached hydrogen (secondary N) is 1. The van der Waals surface area contributed by atoms with Gasteiger partial charge in [-0.05, 0) is 12.0 Å². The monoisotopic (exact) mass is 247 g/mol. The average Bonchev–Trinajstić information content (AvgIpc) is 2.50. The Hall–Kier alpha value is -1.68. The second-order valence-corrected chi connectivity index (χ2v) is 5.17. The maximum Gasteiger partial charge on any atom is 0.261 e. The number of fused-ring (bicyclic) bond motifs is 1. The summed E-state index contributed by atoms with van der Waals surface area (Å²) in [6.45, 7) is 3.87. The Balaban J connectivity index is 2.25. The van der Waals surface area contributed by atoms with Crippen molar-refractivity contribution in [3.63, 3.8) is 0 Å². The first-order valence-corrected chi connectivity index (χ1v) is 6.08. The first-order valence-electron chi connectivity index (χ1n) is 6.08. The standard InChI is InChI=1S/C14H17NO3/c1-9(2)7-10(16)8-14(18)11-5-3-4-6-12(11)15-13(14)17/h3-6,9,18H,7-8H2,1-2H3,(H,15,17)/t14-/m1/s1. The van der Waals surface area contributed by atoms with E-state index in [1.807, 2.05) is 13.8 Å². The van der Waals surface area contributed by atoms with Gasteiger partial charge in [-0.1, -0.05) is 32.0 Å². The van der Waals surface area contributed by atoms with E-state index >= 15 is 0 Å². The molecule has 1 aromatic rings. The zero-order chi connectivity index (χ0) is 13.3. The van der Waals surface area contributed by atoms with Crippen LogP contribution < -0.4 is 5.32 Å². The number of para-hydroxylation sites is 1. The van der Waals surface area contributed by atoms with Gasteiger partial charge in [0.25, 0.3) is 5.91 Å². The van der Waals surface area contributed by atoms with Gasteiger partial charge >= 0.3 is 0 Å². The van der Waals surface area contributed by atoms with E-state index in [9.17, 15) is 14.7 Å². The fourth-order valence-corrected chi connectivity index (χ4v) is 2.29. The van der Waals surface area contributed by atoms with E-state index in [0.29, 0.717) is 17.7 Å². The van der Waals surface area contributed by atoms with Crippen molar-refractivity contribution < 1.29 is 14.7 Å². The first-order chi connectivity index (χ1) is 8.43. The second kappa shape index (κ2) is 4.53. The number of aliphatic hydroxyl groups is 1. The number of rotatable bonds is 4. The third-order valence-corrected chi connectivity index (χ3v) is 3.09. The van der Waals surface area contributed by atoms with Crippen LogP contribution in [0.3, 0.4) is 0 Å². The van der Waals surface area contributed by atoms with E-state index in [4.69, 9.17) is 0 Å². The molecule has 4 nitrogen and oxygen atoms in total. The molecule has 0 radical (unpaired) electrons. The van der Waals surface area contributed by atoms with E-state index in [2.05, 4.69) is 5.32 Å². The number of anilines is 1. The molecule has 0 saturated heterocycles. The smallest absolute Gasteiger partial charge is 0.261 e. The highest BCUT2D eigenvalue weighted by Crippen LogP contribution is 2.38. The number of benzene rings is 1. The van der Waals surface area contributed by atoms with Crippen LogP contribution in [0, 0.1) is 5.92 Å². The summed E-state index contributed by atoms with van der Waals surface area (Å²) < 4.78 is 0. The van der Waals surface area contributed by atoms with Gasteiger partial charge in [0.05, 0.1) is 0 Å². The lowest BCUT2D eigenvalue weighted by Crippen LogP contribution is -2.36. The average molecular weight is 247 g/mol. The van der Waals surface area contributed by atoms with Crippen molar-refractivity contribution in [3.05, 3.63) is 29.8 Å². The molecule has 0 bridgehead atoms. The summed E-state index contributed by atoms with van der Waals surface area (Å²) in [5, 5.41) is 13.1. The summed E-state index contributed by atoms with van der Waals surface area (Å²) in [5.74, 6) is -0.388. The molecule has 1 atom stereocenters. The molecule has 1 heterocycles. The molecule has 18 heavy (non-hydrogen) atoms. The lowest BCUT2D eigenvalue weighted by Gasteiger charge is -2.20. The molecule has 0 fully saturated rings. The molecule has 1 aliphatic rings. The summed E-state index contributed by atoms with van der Waals surface area (Å²) in [6, 6.07) is 6.92.